The van der Waals surface area contributed by atoms with Crippen molar-refractivity contribution in [3.63, 3.8) is 0 Å². The number of amides is 2. The second-order valence-corrected chi connectivity index (χ2v) is 11.0. The van der Waals surface area contributed by atoms with Gasteiger partial charge in [0, 0.05) is 29.9 Å². The lowest BCUT2D eigenvalue weighted by Gasteiger charge is -2.32. The molecule has 2 amide bonds. The van der Waals surface area contributed by atoms with Crippen molar-refractivity contribution in [2.75, 3.05) is 14.2 Å². The van der Waals surface area contributed by atoms with Crippen molar-refractivity contribution >= 4 is 27.7 Å². The van der Waals surface area contributed by atoms with Crippen molar-refractivity contribution in [3.8, 4) is 11.5 Å². The second kappa shape index (κ2) is 14.2. The zero-order chi connectivity index (χ0) is 27.6. The van der Waals surface area contributed by atoms with Crippen LogP contribution in [-0.2, 0) is 29.0 Å². The molecule has 0 spiro atoms. The Morgan fingerprint density at radius 3 is 2.31 bits per heavy atom. The fourth-order valence-electron chi connectivity index (χ4n) is 5.18. The molecule has 0 aromatic heterocycles. The molecule has 1 aliphatic carbocycles. The zero-order valence-corrected chi connectivity index (χ0v) is 24.3. The Kier molecular flexibility index (Phi) is 10.4. The molecule has 0 unspecified atom stereocenters. The molecular weight excluding hydrogens is 556 g/mol. The predicted octanol–water partition coefficient (Wildman–Crippen LogP) is 6.10. The largest absolute Gasteiger partial charge is 0.493 e. The van der Waals surface area contributed by atoms with Gasteiger partial charge < -0.3 is 19.7 Å². The Morgan fingerprint density at radius 1 is 0.897 bits per heavy atom. The third-order valence-electron chi connectivity index (χ3n) is 7.29. The molecule has 3 aromatic rings. The topological polar surface area (TPSA) is 67.9 Å². The van der Waals surface area contributed by atoms with Crippen LogP contribution in [0.25, 0.3) is 0 Å². The van der Waals surface area contributed by atoms with Gasteiger partial charge in [-0.1, -0.05) is 77.3 Å². The number of aryl methyl sites for hydroxylation is 1. The SMILES string of the molecule is COc1ccc(CCC(=O)N(Cc2cccc(Br)c2)[C@@H](Cc2ccccc2)C(=O)NC2CCCC2)cc1OC. The summed E-state index contributed by atoms with van der Waals surface area (Å²) < 4.78 is 11.7. The normalized spacial score (nSPS) is 14.0. The number of ether oxygens (including phenoxy) is 2. The van der Waals surface area contributed by atoms with E-state index in [0.29, 0.717) is 30.9 Å². The molecule has 0 aliphatic heterocycles. The first-order chi connectivity index (χ1) is 19.0. The lowest BCUT2D eigenvalue weighted by atomic mass is 10.0. The van der Waals surface area contributed by atoms with Crippen molar-refractivity contribution in [3.05, 3.63) is 94.0 Å². The standard InChI is InChI=1S/C32H37BrN2O4/c1-38-29-17-15-24(21-30(29)39-2)16-18-31(36)35(22-25-11-8-12-26(33)19-25)28(20-23-9-4-3-5-10-23)32(37)34-27-13-6-7-14-27/h3-5,8-12,15,17,19,21,27-28H,6-7,13-14,16,18,20,22H2,1-2H3,(H,34,37)/t28-/m0/s1. The molecule has 3 aromatic carbocycles. The minimum Gasteiger partial charge on any atom is -0.493 e. The van der Waals surface area contributed by atoms with Crippen LogP contribution >= 0.6 is 15.9 Å². The zero-order valence-electron chi connectivity index (χ0n) is 22.7. The monoisotopic (exact) mass is 592 g/mol. The molecule has 4 rings (SSSR count). The van der Waals surface area contributed by atoms with E-state index >= 15 is 0 Å². The third-order valence-corrected chi connectivity index (χ3v) is 7.78. The van der Waals surface area contributed by atoms with E-state index in [1.54, 1.807) is 19.1 Å². The number of halogens is 1. The van der Waals surface area contributed by atoms with Gasteiger partial charge in [-0.3, -0.25) is 9.59 Å². The van der Waals surface area contributed by atoms with Crippen LogP contribution in [-0.4, -0.2) is 43.0 Å². The maximum atomic E-state index is 13.9. The van der Waals surface area contributed by atoms with Crippen molar-refractivity contribution in [1.29, 1.82) is 0 Å². The van der Waals surface area contributed by atoms with Crippen LogP contribution in [0.5, 0.6) is 11.5 Å². The van der Waals surface area contributed by atoms with E-state index in [0.717, 1.165) is 46.8 Å². The van der Waals surface area contributed by atoms with Crippen molar-refractivity contribution < 1.29 is 19.1 Å². The summed E-state index contributed by atoms with van der Waals surface area (Å²) in [4.78, 5) is 29.5. The summed E-state index contributed by atoms with van der Waals surface area (Å²) in [6.45, 7) is 0.347. The van der Waals surface area contributed by atoms with Crippen LogP contribution in [0.4, 0.5) is 0 Å². The first kappa shape index (κ1) is 28.7. The van der Waals surface area contributed by atoms with Crippen molar-refractivity contribution in [2.45, 2.75) is 63.6 Å². The summed E-state index contributed by atoms with van der Waals surface area (Å²) in [6, 6.07) is 23.1. The van der Waals surface area contributed by atoms with E-state index in [2.05, 4.69) is 21.2 Å². The smallest absolute Gasteiger partial charge is 0.243 e. The molecule has 7 heteroatoms. The van der Waals surface area contributed by atoms with Crippen LogP contribution < -0.4 is 14.8 Å². The van der Waals surface area contributed by atoms with Crippen LogP contribution in [0.1, 0.15) is 48.8 Å². The molecule has 0 heterocycles. The Balaban J connectivity index is 1.61. The lowest BCUT2D eigenvalue weighted by molar-refractivity contribution is -0.141. The van der Waals surface area contributed by atoms with Crippen LogP contribution in [0.3, 0.4) is 0 Å². The average molecular weight is 594 g/mol. The number of hydrogen-bond donors (Lipinski definition) is 1. The fraction of sp³-hybridized carbons (Fsp3) is 0.375. The van der Waals surface area contributed by atoms with E-state index in [1.165, 1.54) is 0 Å². The van der Waals surface area contributed by atoms with Gasteiger partial charge in [-0.15, -0.1) is 0 Å². The minimum absolute atomic E-state index is 0.0627. The number of carbonyl (C=O) groups excluding carboxylic acids is 2. The van der Waals surface area contributed by atoms with Gasteiger partial charge in [-0.25, -0.2) is 0 Å². The first-order valence-electron chi connectivity index (χ1n) is 13.6. The number of nitrogens with zero attached hydrogens (tertiary/aromatic N) is 1. The maximum Gasteiger partial charge on any atom is 0.243 e. The van der Waals surface area contributed by atoms with Crippen molar-refractivity contribution in [2.24, 2.45) is 0 Å². The molecule has 1 atom stereocenters. The summed E-state index contributed by atoms with van der Waals surface area (Å²) in [6.07, 6.45) is 5.48. The predicted molar refractivity (Wildman–Crippen MR) is 157 cm³/mol. The van der Waals surface area contributed by atoms with Crippen molar-refractivity contribution in [1.82, 2.24) is 10.2 Å². The molecule has 0 saturated heterocycles. The van der Waals surface area contributed by atoms with Gasteiger partial charge in [0.15, 0.2) is 11.5 Å². The Hall–Kier alpha value is -3.32. The highest BCUT2D eigenvalue weighted by atomic mass is 79.9. The number of hydrogen-bond acceptors (Lipinski definition) is 4. The van der Waals surface area contributed by atoms with E-state index in [9.17, 15) is 9.59 Å². The Morgan fingerprint density at radius 2 is 1.62 bits per heavy atom. The molecule has 1 saturated carbocycles. The summed E-state index contributed by atoms with van der Waals surface area (Å²) in [7, 11) is 3.20. The first-order valence-corrected chi connectivity index (χ1v) is 14.3. The van der Waals surface area contributed by atoms with Gasteiger partial charge in [0.2, 0.25) is 11.8 Å². The Bertz CT molecular complexity index is 1240. The molecule has 1 N–H and O–H groups in total. The van der Waals surface area contributed by atoms with Crippen LogP contribution in [0, 0.1) is 0 Å². The molecule has 6 nitrogen and oxygen atoms in total. The van der Waals surface area contributed by atoms with Gasteiger partial charge in [0.25, 0.3) is 0 Å². The quantitative estimate of drug-likeness (QED) is 0.276. The van der Waals surface area contributed by atoms with Gasteiger partial charge in [-0.05, 0) is 60.2 Å². The number of rotatable bonds is 12. The highest BCUT2D eigenvalue weighted by Gasteiger charge is 2.32. The van der Waals surface area contributed by atoms with E-state index < -0.39 is 6.04 Å². The van der Waals surface area contributed by atoms with Gasteiger partial charge in [-0.2, -0.15) is 0 Å². The van der Waals surface area contributed by atoms with Gasteiger partial charge in [0.05, 0.1) is 14.2 Å². The van der Waals surface area contributed by atoms with Crippen LogP contribution in [0.2, 0.25) is 0 Å². The summed E-state index contributed by atoms with van der Waals surface area (Å²) in [5, 5.41) is 3.26. The number of carbonyl (C=O) groups is 2. The molecule has 1 aliphatic rings. The molecule has 39 heavy (non-hydrogen) atoms. The molecule has 0 bridgehead atoms. The molecule has 0 radical (unpaired) electrons. The average Bonchev–Trinajstić information content (AvgIpc) is 3.47. The third kappa shape index (κ3) is 8.09. The second-order valence-electron chi connectivity index (χ2n) is 10.0. The van der Waals surface area contributed by atoms with Gasteiger partial charge >= 0.3 is 0 Å². The summed E-state index contributed by atoms with van der Waals surface area (Å²) in [5.74, 6) is 1.13. The summed E-state index contributed by atoms with van der Waals surface area (Å²) >= 11 is 3.55. The van der Waals surface area contributed by atoms with E-state index in [-0.39, 0.29) is 24.3 Å². The number of methoxy groups -OCH3 is 2. The lowest BCUT2D eigenvalue weighted by Crippen LogP contribution is -2.52. The Labute approximate surface area is 239 Å². The molecular formula is C32H37BrN2O4. The number of nitrogens with one attached hydrogen (secondary N) is 1. The van der Waals surface area contributed by atoms with Gasteiger partial charge in [0.1, 0.15) is 6.04 Å². The molecule has 206 valence electrons. The fourth-order valence-corrected chi connectivity index (χ4v) is 5.63. The number of benzene rings is 3. The van der Waals surface area contributed by atoms with Crippen LogP contribution in [0.15, 0.2) is 77.3 Å². The maximum absolute atomic E-state index is 13.9. The molecule has 1 fully saturated rings. The highest BCUT2D eigenvalue weighted by molar-refractivity contribution is 9.10. The highest BCUT2D eigenvalue weighted by Crippen LogP contribution is 2.28. The van der Waals surface area contributed by atoms with E-state index in [4.69, 9.17) is 9.47 Å². The van der Waals surface area contributed by atoms with E-state index in [1.807, 2.05) is 72.8 Å². The minimum atomic E-state index is -0.620. The summed E-state index contributed by atoms with van der Waals surface area (Å²) in [5.41, 5.74) is 2.96.